The molecule has 12 heteroatoms. The average Bonchev–Trinajstić information content (AvgIpc) is 3.29. The fraction of sp³-hybridized carbons (Fsp3) is 0.429. The Morgan fingerprint density at radius 2 is 1.93 bits per heavy atom. The van der Waals surface area contributed by atoms with Crippen LogP contribution in [0.15, 0.2) is 36.4 Å². The molecule has 0 bridgehead atoms. The molecular weight excluding hydrogens is 588 g/mol. The summed E-state index contributed by atoms with van der Waals surface area (Å²) in [6.07, 6.45) is 1.88. The van der Waals surface area contributed by atoms with Gasteiger partial charge in [-0.3, -0.25) is 0 Å². The van der Waals surface area contributed by atoms with E-state index >= 15 is 0 Å². The molecule has 4 rings (SSSR count). The zero-order valence-corrected chi connectivity index (χ0v) is 25.0. The van der Waals surface area contributed by atoms with Gasteiger partial charge in [-0.1, -0.05) is 13.8 Å². The van der Waals surface area contributed by atoms with Crippen molar-refractivity contribution >= 4 is 42.3 Å². The Kier molecular flexibility index (Phi) is 11.1. The van der Waals surface area contributed by atoms with E-state index in [1.807, 2.05) is 19.9 Å². The number of likely N-dealkylation sites (tertiary alicyclic amines) is 1. The first kappa shape index (κ1) is 31.1. The molecule has 0 unspecified atom stereocenters. The van der Waals surface area contributed by atoms with Crippen LogP contribution in [0, 0.1) is 11.8 Å². The summed E-state index contributed by atoms with van der Waals surface area (Å²) in [7, 11) is 5.12. The summed E-state index contributed by atoms with van der Waals surface area (Å²) >= 11 is -1.82. The molecule has 1 aliphatic heterocycles. The van der Waals surface area contributed by atoms with Gasteiger partial charge in [-0.2, -0.15) is 0 Å². The number of aromatic nitrogens is 2. The maximum absolute atomic E-state index is 13.5. The minimum absolute atomic E-state index is 0.101. The maximum atomic E-state index is 13.5. The number of anilines is 2. The number of halogens is 3. The molecule has 0 radical (unpaired) electrons. The van der Waals surface area contributed by atoms with E-state index in [9.17, 15) is 18.0 Å². The van der Waals surface area contributed by atoms with Gasteiger partial charge < -0.3 is 0 Å². The van der Waals surface area contributed by atoms with E-state index in [1.54, 1.807) is 30.3 Å². The molecule has 2 aromatic heterocycles. The molecule has 1 aromatic carbocycles. The molecule has 1 amide bonds. The molecule has 0 aliphatic carbocycles. The molecule has 0 atom stereocenters. The van der Waals surface area contributed by atoms with Gasteiger partial charge >= 0.3 is 226 Å². The van der Waals surface area contributed by atoms with Gasteiger partial charge in [0.25, 0.3) is 0 Å². The molecule has 8 nitrogen and oxygen atoms in total. The van der Waals surface area contributed by atoms with Crippen LogP contribution >= 0.6 is 0 Å². The predicted molar refractivity (Wildman–Crippen MR) is 154 cm³/mol. The molecule has 3 aromatic rings. The molecule has 1 fully saturated rings. The number of fused-ring (bicyclic) bond motifs is 1. The Bertz CT molecular complexity index is 1360. The second kappa shape index (κ2) is 14.3. The van der Waals surface area contributed by atoms with Gasteiger partial charge in [-0.15, -0.1) is 0 Å². The molecule has 0 saturated carbocycles. The van der Waals surface area contributed by atoms with Crippen molar-refractivity contribution in [2.24, 2.45) is 0 Å². The van der Waals surface area contributed by atoms with Crippen LogP contribution in [0.2, 0.25) is 0 Å². The molecule has 216 valence electrons. The number of nitrogens with zero attached hydrogens (tertiary/aromatic N) is 3. The van der Waals surface area contributed by atoms with E-state index in [4.69, 9.17) is 4.74 Å². The number of ether oxygens (including phenoxy) is 1. The van der Waals surface area contributed by atoms with Gasteiger partial charge in [0.2, 0.25) is 0 Å². The third kappa shape index (κ3) is 8.07. The third-order valence-corrected chi connectivity index (χ3v) is 7.92. The van der Waals surface area contributed by atoms with Crippen LogP contribution in [0.25, 0.3) is 5.52 Å². The Balaban J connectivity index is 0.00000216. The number of rotatable bonds is 7. The summed E-state index contributed by atoms with van der Waals surface area (Å²) in [5.41, 5.74) is 1.48. The number of nitrogens with one attached hydrogen (secondary N) is 3. The summed E-state index contributed by atoms with van der Waals surface area (Å²) < 4.78 is 47.5. The van der Waals surface area contributed by atoms with E-state index < -0.39 is 20.0 Å². The van der Waals surface area contributed by atoms with Crippen molar-refractivity contribution in [3.8, 4) is 17.6 Å². The fourth-order valence-electron chi connectivity index (χ4n) is 4.22. The van der Waals surface area contributed by atoms with Crippen LogP contribution in [-0.2, 0) is 0 Å². The molecule has 1 aliphatic rings. The topological polar surface area (TPSA) is 82.9 Å². The van der Waals surface area contributed by atoms with Gasteiger partial charge in [0.05, 0.1) is 0 Å². The molecule has 40 heavy (non-hydrogen) atoms. The van der Waals surface area contributed by atoms with Gasteiger partial charge in [-0.25, -0.2) is 0 Å². The second-order valence-electron chi connectivity index (χ2n) is 8.81. The summed E-state index contributed by atoms with van der Waals surface area (Å²) in [6.45, 7) is 6.02. The Hall–Kier alpha value is -3.39. The van der Waals surface area contributed by atoms with Crippen molar-refractivity contribution in [2.45, 2.75) is 37.8 Å². The fourth-order valence-corrected chi connectivity index (χ4v) is 5.64. The molecule has 0 spiro atoms. The Morgan fingerprint density at radius 3 is 2.58 bits per heavy atom. The standard InChI is InChI=1S/C26H29F3N6O2Se.C2H6/c1-30-25(36)17-9-10-22(37-3)20(16-17)31-13-5-6-19-24(38-26(27,28)29)21-7-4-8-23(35(21)33-19)32-18-11-14-34(2)15-12-18;1-2/h4,7-10,16,18,31-32H,11-15H2,1-3H3,(H,30,36);1-2H3. The van der Waals surface area contributed by atoms with Crippen molar-refractivity contribution in [3.05, 3.63) is 47.7 Å². The van der Waals surface area contributed by atoms with Crippen LogP contribution in [0.5, 0.6) is 5.75 Å². The summed E-state index contributed by atoms with van der Waals surface area (Å²) in [6, 6.07) is 10.4. The van der Waals surface area contributed by atoms with Gasteiger partial charge in [0, 0.05) is 0 Å². The average molecular weight is 624 g/mol. The number of hydrogen-bond donors (Lipinski definition) is 3. The van der Waals surface area contributed by atoms with E-state index in [0.29, 0.717) is 28.3 Å². The van der Waals surface area contributed by atoms with Crippen LogP contribution in [-0.4, -0.2) is 87.3 Å². The molecule has 3 heterocycles. The van der Waals surface area contributed by atoms with Crippen molar-refractivity contribution in [2.75, 3.05) is 51.5 Å². The summed E-state index contributed by atoms with van der Waals surface area (Å²) in [4.78, 5) is 14.2. The van der Waals surface area contributed by atoms with E-state index in [-0.39, 0.29) is 28.6 Å². The molecule has 1 saturated heterocycles. The minimum atomic E-state index is -4.35. The number of amides is 1. The first-order valence-corrected chi connectivity index (χ1v) is 14.7. The van der Waals surface area contributed by atoms with Gasteiger partial charge in [0.1, 0.15) is 0 Å². The normalized spacial score (nSPS) is 14.0. The molecule has 3 N–H and O–H groups in total. The first-order valence-electron chi connectivity index (χ1n) is 13.0. The molecular formula is C28H35F3N6O2Se. The number of piperidine rings is 1. The third-order valence-electron chi connectivity index (χ3n) is 6.16. The predicted octanol–water partition coefficient (Wildman–Crippen LogP) is 3.55. The number of carbonyl (C=O) groups excluding carboxylic acids is 1. The van der Waals surface area contributed by atoms with Crippen LogP contribution in [0.3, 0.4) is 0 Å². The van der Waals surface area contributed by atoms with Crippen molar-refractivity contribution in [1.29, 1.82) is 0 Å². The van der Waals surface area contributed by atoms with Crippen LogP contribution in [0.1, 0.15) is 42.7 Å². The van der Waals surface area contributed by atoms with E-state index in [0.717, 1.165) is 25.9 Å². The Morgan fingerprint density at radius 1 is 1.20 bits per heavy atom. The van der Waals surface area contributed by atoms with Crippen LogP contribution in [0.4, 0.5) is 24.7 Å². The van der Waals surface area contributed by atoms with Crippen molar-refractivity contribution in [1.82, 2.24) is 19.8 Å². The second-order valence-corrected chi connectivity index (χ2v) is 11.1. The zero-order valence-electron chi connectivity index (χ0n) is 23.3. The number of alkyl halides is 3. The summed E-state index contributed by atoms with van der Waals surface area (Å²) in [5, 5.41) is 9.23. The SMILES string of the molecule is CC.CNC(=O)c1ccc(OC)c(NCC#Cc2nn3c(NC4CCN(C)CC4)cccc3c2[Se]C(F)(F)F)c1. The van der Waals surface area contributed by atoms with Crippen molar-refractivity contribution < 1.29 is 22.7 Å². The number of hydrogen-bond acceptors (Lipinski definition) is 6. The number of methoxy groups -OCH3 is 1. The number of carbonyl (C=O) groups is 1. The monoisotopic (exact) mass is 624 g/mol. The van der Waals surface area contributed by atoms with Crippen molar-refractivity contribution in [3.63, 3.8) is 0 Å². The van der Waals surface area contributed by atoms with Gasteiger partial charge in [0.15, 0.2) is 0 Å². The number of pyridine rings is 1. The zero-order chi connectivity index (χ0) is 29.3. The van der Waals surface area contributed by atoms with E-state index in [2.05, 4.69) is 44.8 Å². The van der Waals surface area contributed by atoms with Gasteiger partial charge in [-0.05, 0) is 0 Å². The Labute approximate surface area is 239 Å². The van der Waals surface area contributed by atoms with Crippen LogP contribution < -0.4 is 25.1 Å². The number of benzene rings is 1. The first-order chi connectivity index (χ1) is 19.2. The summed E-state index contributed by atoms with van der Waals surface area (Å²) in [5.74, 6) is 6.62. The van der Waals surface area contributed by atoms with E-state index in [1.165, 1.54) is 18.7 Å². The quantitative estimate of drug-likeness (QED) is 0.276.